The molecule has 2 aromatic heterocycles. The van der Waals surface area contributed by atoms with Crippen molar-refractivity contribution in [2.75, 3.05) is 0 Å². The molecule has 2 heterocycles. The standard InChI is InChI=1S/C65H42N2/c1-5-21-43(22-6-1)61-53-31-15-19-35-59(53)66(63(61)45-25-9-3-10-26-45)47-37-39-51-52-40-38-48(42-58(52)65(57(51)41-47)55-33-17-13-29-49(55)50-30-14-18-34-56(50)65)67-60-36-20-16-32-54(60)62(44-23-7-2-8-24-44)64(67)46-27-11-4-12-28-46/h1-42H. The first-order valence-electron chi connectivity index (χ1n) is 23.3. The summed E-state index contributed by atoms with van der Waals surface area (Å²) in [4.78, 5) is 0. The Balaban J connectivity index is 1.08. The van der Waals surface area contributed by atoms with E-state index < -0.39 is 5.41 Å². The average Bonchev–Trinajstić information content (AvgIpc) is 4.12. The van der Waals surface area contributed by atoms with Gasteiger partial charge < -0.3 is 9.13 Å². The second kappa shape index (κ2) is 14.7. The molecule has 10 aromatic carbocycles. The van der Waals surface area contributed by atoms with E-state index in [4.69, 9.17) is 0 Å². The van der Waals surface area contributed by atoms with Gasteiger partial charge in [-0.05, 0) is 103 Å². The van der Waals surface area contributed by atoms with Crippen LogP contribution in [0.2, 0.25) is 0 Å². The lowest BCUT2D eigenvalue weighted by Crippen LogP contribution is -2.26. The number of para-hydroxylation sites is 2. The van der Waals surface area contributed by atoms with Crippen molar-refractivity contribution in [1.29, 1.82) is 0 Å². The molecule has 0 atom stereocenters. The van der Waals surface area contributed by atoms with Crippen LogP contribution in [0.5, 0.6) is 0 Å². The number of hydrogen-bond acceptors (Lipinski definition) is 0. The minimum Gasteiger partial charge on any atom is -0.309 e. The molecule has 312 valence electrons. The largest absolute Gasteiger partial charge is 0.309 e. The van der Waals surface area contributed by atoms with Crippen molar-refractivity contribution < 1.29 is 0 Å². The van der Waals surface area contributed by atoms with Crippen molar-refractivity contribution in [2.45, 2.75) is 5.41 Å². The summed E-state index contributed by atoms with van der Waals surface area (Å²) in [6.07, 6.45) is 0. The van der Waals surface area contributed by atoms with Gasteiger partial charge in [-0.2, -0.15) is 0 Å². The van der Waals surface area contributed by atoms with Gasteiger partial charge in [-0.1, -0.05) is 218 Å². The summed E-state index contributed by atoms with van der Waals surface area (Å²) in [5, 5.41) is 2.46. The lowest BCUT2D eigenvalue weighted by Gasteiger charge is -2.31. The van der Waals surface area contributed by atoms with Gasteiger partial charge in [-0.3, -0.25) is 0 Å². The van der Waals surface area contributed by atoms with E-state index in [-0.39, 0.29) is 0 Å². The van der Waals surface area contributed by atoms with Crippen molar-refractivity contribution in [2.24, 2.45) is 0 Å². The molecule has 0 fully saturated rings. The van der Waals surface area contributed by atoms with Gasteiger partial charge in [0, 0.05) is 33.3 Å². The molecular formula is C65H42N2. The van der Waals surface area contributed by atoms with Crippen LogP contribution in [0.1, 0.15) is 22.3 Å². The molecule has 0 unspecified atom stereocenters. The Labute approximate surface area is 390 Å². The second-order valence-corrected chi connectivity index (χ2v) is 17.9. The topological polar surface area (TPSA) is 9.86 Å². The Hall–Kier alpha value is -8.72. The van der Waals surface area contributed by atoms with Gasteiger partial charge in [-0.15, -0.1) is 0 Å². The van der Waals surface area contributed by atoms with Crippen LogP contribution in [-0.4, -0.2) is 9.13 Å². The quantitative estimate of drug-likeness (QED) is 0.158. The fourth-order valence-electron chi connectivity index (χ4n) is 11.9. The molecule has 2 nitrogen and oxygen atoms in total. The number of aromatic nitrogens is 2. The van der Waals surface area contributed by atoms with Gasteiger partial charge in [0.05, 0.1) is 27.8 Å². The minimum absolute atomic E-state index is 0.583. The molecule has 0 N–H and O–H groups in total. The van der Waals surface area contributed by atoms with Crippen molar-refractivity contribution in [3.05, 3.63) is 277 Å². The number of fused-ring (bicyclic) bond motifs is 12. The first-order chi connectivity index (χ1) is 33.3. The third-order valence-electron chi connectivity index (χ3n) is 14.5. The first kappa shape index (κ1) is 37.6. The van der Waals surface area contributed by atoms with Crippen LogP contribution in [-0.2, 0) is 5.41 Å². The molecule has 2 aliphatic carbocycles. The highest BCUT2D eigenvalue weighted by Gasteiger charge is 2.52. The maximum Gasteiger partial charge on any atom is 0.0727 e. The van der Waals surface area contributed by atoms with Crippen molar-refractivity contribution in [3.63, 3.8) is 0 Å². The number of nitrogens with zero attached hydrogens (tertiary/aromatic N) is 2. The highest BCUT2D eigenvalue weighted by atomic mass is 15.0. The van der Waals surface area contributed by atoms with E-state index in [0.29, 0.717) is 0 Å². The van der Waals surface area contributed by atoms with Crippen LogP contribution in [0.4, 0.5) is 0 Å². The Morgan fingerprint density at radius 1 is 0.254 bits per heavy atom. The summed E-state index contributed by atoms with van der Waals surface area (Å²) in [5.41, 5.74) is 24.1. The summed E-state index contributed by atoms with van der Waals surface area (Å²) in [6.45, 7) is 0. The van der Waals surface area contributed by atoms with Crippen LogP contribution in [0.25, 0.3) is 100 Å². The number of benzene rings is 10. The van der Waals surface area contributed by atoms with Gasteiger partial charge in [-0.25, -0.2) is 0 Å². The van der Waals surface area contributed by atoms with Gasteiger partial charge >= 0.3 is 0 Å². The third-order valence-corrected chi connectivity index (χ3v) is 14.5. The van der Waals surface area contributed by atoms with Gasteiger partial charge in [0.2, 0.25) is 0 Å². The second-order valence-electron chi connectivity index (χ2n) is 17.9. The first-order valence-corrected chi connectivity index (χ1v) is 23.3. The van der Waals surface area contributed by atoms with Crippen LogP contribution in [0.3, 0.4) is 0 Å². The monoisotopic (exact) mass is 850 g/mol. The van der Waals surface area contributed by atoms with Crippen LogP contribution in [0.15, 0.2) is 255 Å². The fourth-order valence-corrected chi connectivity index (χ4v) is 11.9. The molecule has 0 aliphatic heterocycles. The fraction of sp³-hybridized carbons (Fsp3) is 0.0154. The minimum atomic E-state index is -0.583. The molecule has 0 bridgehead atoms. The molecular weight excluding hydrogens is 809 g/mol. The number of hydrogen-bond donors (Lipinski definition) is 0. The van der Waals surface area contributed by atoms with E-state index >= 15 is 0 Å². The predicted molar refractivity (Wildman–Crippen MR) is 278 cm³/mol. The lowest BCUT2D eigenvalue weighted by molar-refractivity contribution is 0.791. The molecule has 0 saturated heterocycles. The molecule has 1 spiro atoms. The van der Waals surface area contributed by atoms with Crippen molar-refractivity contribution in [1.82, 2.24) is 9.13 Å². The van der Waals surface area contributed by atoms with Gasteiger partial charge in [0.15, 0.2) is 0 Å². The van der Waals surface area contributed by atoms with Crippen molar-refractivity contribution in [3.8, 4) is 78.4 Å². The zero-order valence-electron chi connectivity index (χ0n) is 36.6. The summed E-state index contributed by atoms with van der Waals surface area (Å²) in [7, 11) is 0. The smallest absolute Gasteiger partial charge is 0.0727 e. The highest BCUT2D eigenvalue weighted by molar-refractivity contribution is 6.08. The molecule has 12 aromatic rings. The molecule has 14 rings (SSSR count). The molecule has 0 saturated carbocycles. The zero-order valence-corrected chi connectivity index (χ0v) is 36.6. The van der Waals surface area contributed by atoms with Gasteiger partial charge in [0.25, 0.3) is 0 Å². The van der Waals surface area contributed by atoms with E-state index in [1.807, 2.05) is 0 Å². The normalized spacial score (nSPS) is 12.9. The van der Waals surface area contributed by atoms with Crippen LogP contribution in [0, 0.1) is 0 Å². The van der Waals surface area contributed by atoms with E-state index in [2.05, 4.69) is 264 Å². The molecule has 67 heavy (non-hydrogen) atoms. The summed E-state index contributed by atoms with van der Waals surface area (Å²) in [5.74, 6) is 0. The van der Waals surface area contributed by atoms with Crippen LogP contribution < -0.4 is 0 Å². The summed E-state index contributed by atoms with van der Waals surface area (Å²) in [6, 6.07) is 94.4. The lowest BCUT2D eigenvalue weighted by atomic mass is 9.70. The number of rotatable bonds is 6. The molecule has 0 radical (unpaired) electrons. The summed E-state index contributed by atoms with van der Waals surface area (Å²) >= 11 is 0. The van der Waals surface area contributed by atoms with E-state index in [1.54, 1.807) is 0 Å². The highest BCUT2D eigenvalue weighted by Crippen LogP contribution is 2.63. The van der Waals surface area contributed by atoms with E-state index in [9.17, 15) is 0 Å². The Morgan fingerprint density at radius 3 is 1.00 bits per heavy atom. The van der Waals surface area contributed by atoms with E-state index in [1.165, 1.54) is 111 Å². The molecule has 0 amide bonds. The zero-order chi connectivity index (χ0) is 44.1. The van der Waals surface area contributed by atoms with Crippen LogP contribution >= 0.6 is 0 Å². The average molecular weight is 851 g/mol. The molecule has 2 heteroatoms. The Morgan fingerprint density at radius 2 is 0.582 bits per heavy atom. The summed E-state index contributed by atoms with van der Waals surface area (Å²) < 4.78 is 5.04. The van der Waals surface area contributed by atoms with E-state index in [0.717, 1.165) is 11.4 Å². The Bertz CT molecular complexity index is 3640. The van der Waals surface area contributed by atoms with Gasteiger partial charge in [0.1, 0.15) is 0 Å². The third kappa shape index (κ3) is 5.33. The predicted octanol–water partition coefficient (Wildman–Crippen LogP) is 16.6. The maximum absolute atomic E-state index is 2.52. The molecule has 2 aliphatic rings. The van der Waals surface area contributed by atoms with Crippen molar-refractivity contribution >= 4 is 21.8 Å². The Kier molecular flexibility index (Phi) is 8.23. The maximum atomic E-state index is 2.52. The SMILES string of the molecule is c1ccc(-c2c(-c3ccccc3)n(-c3ccc4c(c3)C3(c5ccccc5-c5ccccc53)c3cc(-n5c(-c6ccccc6)c(-c6ccccc6)c6ccccc65)ccc3-4)c3ccccc23)cc1.